The Morgan fingerprint density at radius 2 is 1.80 bits per heavy atom. The lowest BCUT2D eigenvalue weighted by Gasteiger charge is -2.10. The maximum atomic E-state index is 12.2. The first kappa shape index (κ1) is 17.2. The summed E-state index contributed by atoms with van der Waals surface area (Å²) in [5.41, 5.74) is 4.17. The fourth-order valence-corrected chi connectivity index (χ4v) is 3.15. The van der Waals surface area contributed by atoms with Gasteiger partial charge in [0, 0.05) is 12.1 Å². The molecule has 0 bridgehead atoms. The van der Waals surface area contributed by atoms with Gasteiger partial charge in [-0.3, -0.25) is 9.89 Å². The van der Waals surface area contributed by atoms with Gasteiger partial charge in [0.1, 0.15) is 5.82 Å². The molecule has 1 amide bonds. The number of aromatic nitrogens is 3. The number of nitrogens with one attached hydrogen (secondary N) is 2. The van der Waals surface area contributed by atoms with E-state index in [4.69, 9.17) is 0 Å². The summed E-state index contributed by atoms with van der Waals surface area (Å²) in [6, 6.07) is 16.0. The fourth-order valence-electron chi connectivity index (χ4n) is 2.53. The minimum absolute atomic E-state index is 0.0585. The van der Waals surface area contributed by atoms with Crippen LogP contribution in [0.3, 0.4) is 0 Å². The van der Waals surface area contributed by atoms with Crippen LogP contribution in [0.5, 0.6) is 0 Å². The number of aromatic amines is 1. The third kappa shape index (κ3) is 4.70. The molecule has 0 fully saturated rings. The van der Waals surface area contributed by atoms with Crippen molar-refractivity contribution in [3.8, 4) is 0 Å². The molecule has 1 heterocycles. The van der Waals surface area contributed by atoms with Crippen LogP contribution < -0.4 is 5.32 Å². The molecule has 128 valence electrons. The number of anilines is 1. The van der Waals surface area contributed by atoms with E-state index < -0.39 is 0 Å². The summed E-state index contributed by atoms with van der Waals surface area (Å²) in [6.45, 7) is 3.97. The molecule has 6 heteroatoms. The van der Waals surface area contributed by atoms with Crippen LogP contribution in [-0.4, -0.2) is 26.8 Å². The van der Waals surface area contributed by atoms with Crippen molar-refractivity contribution >= 4 is 23.4 Å². The summed E-state index contributed by atoms with van der Waals surface area (Å²) in [5.74, 6) is 1.01. The normalized spacial score (nSPS) is 10.6. The minimum atomic E-state index is -0.0585. The molecule has 0 unspecified atom stereocenters. The number of thioether (sulfide) groups is 1. The zero-order valence-electron chi connectivity index (χ0n) is 14.2. The van der Waals surface area contributed by atoms with Gasteiger partial charge in [-0.05, 0) is 30.5 Å². The SMILES string of the molecule is Cc1cccc(C)c1NC(=O)CSc1n[nH]c(Cc2ccccc2)n1. The van der Waals surface area contributed by atoms with E-state index in [1.165, 1.54) is 17.3 Å². The summed E-state index contributed by atoms with van der Waals surface area (Å²) < 4.78 is 0. The Bertz CT molecular complexity index is 841. The zero-order chi connectivity index (χ0) is 17.6. The topological polar surface area (TPSA) is 70.7 Å². The smallest absolute Gasteiger partial charge is 0.234 e. The Hall–Kier alpha value is -2.60. The predicted octanol–water partition coefficient (Wildman–Crippen LogP) is 3.74. The van der Waals surface area contributed by atoms with Crippen LogP contribution in [-0.2, 0) is 11.2 Å². The summed E-state index contributed by atoms with van der Waals surface area (Å²) in [6.07, 6.45) is 0.697. The van der Waals surface area contributed by atoms with E-state index in [0.29, 0.717) is 11.6 Å². The Kier molecular flexibility index (Phi) is 5.50. The van der Waals surface area contributed by atoms with Gasteiger partial charge in [0.15, 0.2) is 0 Å². The second-order valence-corrected chi connectivity index (χ2v) is 6.77. The number of benzene rings is 2. The molecule has 0 atom stereocenters. The summed E-state index contributed by atoms with van der Waals surface area (Å²) >= 11 is 1.33. The van der Waals surface area contributed by atoms with Crippen LogP contribution in [0.1, 0.15) is 22.5 Å². The Balaban J connectivity index is 1.54. The molecule has 0 spiro atoms. The van der Waals surface area contributed by atoms with Gasteiger partial charge in [-0.1, -0.05) is 60.3 Å². The molecule has 0 aliphatic rings. The molecule has 0 radical (unpaired) electrons. The quantitative estimate of drug-likeness (QED) is 0.663. The number of rotatable bonds is 6. The average molecular weight is 352 g/mol. The van der Waals surface area contributed by atoms with Crippen molar-refractivity contribution in [3.63, 3.8) is 0 Å². The van der Waals surface area contributed by atoms with E-state index in [2.05, 4.69) is 20.5 Å². The molecule has 0 saturated carbocycles. The summed E-state index contributed by atoms with van der Waals surface area (Å²) in [7, 11) is 0. The van der Waals surface area contributed by atoms with E-state index in [1.54, 1.807) is 0 Å². The molecular weight excluding hydrogens is 332 g/mol. The predicted molar refractivity (Wildman–Crippen MR) is 101 cm³/mol. The maximum Gasteiger partial charge on any atom is 0.234 e. The lowest BCUT2D eigenvalue weighted by Crippen LogP contribution is -2.15. The number of H-pyrrole nitrogens is 1. The van der Waals surface area contributed by atoms with E-state index in [0.717, 1.165) is 22.6 Å². The van der Waals surface area contributed by atoms with Crippen LogP contribution in [0.25, 0.3) is 0 Å². The van der Waals surface area contributed by atoms with Gasteiger partial charge in [-0.2, -0.15) is 0 Å². The molecule has 0 aliphatic carbocycles. The van der Waals surface area contributed by atoms with Crippen LogP contribution in [0.15, 0.2) is 53.7 Å². The first-order chi connectivity index (χ1) is 12.1. The van der Waals surface area contributed by atoms with Gasteiger partial charge < -0.3 is 5.32 Å². The zero-order valence-corrected chi connectivity index (χ0v) is 15.1. The van der Waals surface area contributed by atoms with Gasteiger partial charge in [0.25, 0.3) is 0 Å². The first-order valence-corrected chi connectivity index (χ1v) is 9.04. The highest BCUT2D eigenvalue weighted by molar-refractivity contribution is 7.99. The van der Waals surface area contributed by atoms with E-state index >= 15 is 0 Å². The van der Waals surface area contributed by atoms with Crippen LogP contribution in [0, 0.1) is 13.8 Å². The van der Waals surface area contributed by atoms with Crippen molar-refractivity contribution in [1.82, 2.24) is 15.2 Å². The van der Waals surface area contributed by atoms with Crippen molar-refractivity contribution in [2.75, 3.05) is 11.1 Å². The second kappa shape index (κ2) is 7.98. The Morgan fingerprint density at radius 1 is 1.08 bits per heavy atom. The van der Waals surface area contributed by atoms with Crippen LogP contribution in [0.4, 0.5) is 5.69 Å². The molecule has 0 aliphatic heterocycles. The summed E-state index contributed by atoms with van der Waals surface area (Å²) in [4.78, 5) is 16.6. The van der Waals surface area contributed by atoms with Crippen molar-refractivity contribution in [1.29, 1.82) is 0 Å². The minimum Gasteiger partial charge on any atom is -0.325 e. The van der Waals surface area contributed by atoms with Gasteiger partial charge >= 0.3 is 0 Å². The third-order valence-electron chi connectivity index (χ3n) is 3.80. The molecule has 0 saturated heterocycles. The van der Waals surface area contributed by atoms with E-state index in [9.17, 15) is 4.79 Å². The molecular formula is C19H20N4OS. The van der Waals surface area contributed by atoms with Crippen molar-refractivity contribution < 1.29 is 4.79 Å². The Morgan fingerprint density at radius 3 is 2.52 bits per heavy atom. The molecule has 3 aromatic rings. The number of hydrogen-bond donors (Lipinski definition) is 2. The van der Waals surface area contributed by atoms with Gasteiger partial charge in [0.2, 0.25) is 11.1 Å². The van der Waals surface area contributed by atoms with Crippen molar-refractivity contribution in [2.24, 2.45) is 0 Å². The van der Waals surface area contributed by atoms with Gasteiger partial charge in [-0.15, -0.1) is 5.10 Å². The average Bonchev–Trinajstić information content (AvgIpc) is 3.05. The van der Waals surface area contributed by atoms with Crippen molar-refractivity contribution in [2.45, 2.75) is 25.4 Å². The van der Waals surface area contributed by atoms with Gasteiger partial charge in [-0.25, -0.2) is 4.98 Å². The molecule has 3 rings (SSSR count). The third-order valence-corrected chi connectivity index (χ3v) is 4.65. The van der Waals surface area contributed by atoms with Crippen LogP contribution >= 0.6 is 11.8 Å². The highest BCUT2D eigenvalue weighted by Gasteiger charge is 2.10. The number of carbonyl (C=O) groups is 1. The Labute approximate surface area is 151 Å². The number of amides is 1. The first-order valence-electron chi connectivity index (χ1n) is 8.06. The number of hydrogen-bond acceptors (Lipinski definition) is 4. The monoisotopic (exact) mass is 352 g/mol. The molecule has 2 N–H and O–H groups in total. The molecule has 1 aromatic heterocycles. The number of nitrogens with zero attached hydrogens (tertiary/aromatic N) is 2. The maximum absolute atomic E-state index is 12.2. The lowest BCUT2D eigenvalue weighted by atomic mass is 10.1. The highest BCUT2D eigenvalue weighted by atomic mass is 32.2. The van der Waals surface area contributed by atoms with Crippen LogP contribution in [0.2, 0.25) is 0 Å². The van der Waals surface area contributed by atoms with E-state index in [1.807, 2.05) is 62.4 Å². The van der Waals surface area contributed by atoms with Gasteiger partial charge in [0.05, 0.1) is 5.75 Å². The fraction of sp³-hybridized carbons (Fsp3) is 0.211. The molecule has 5 nitrogen and oxygen atoms in total. The highest BCUT2D eigenvalue weighted by Crippen LogP contribution is 2.20. The number of carbonyl (C=O) groups excluding carboxylic acids is 1. The summed E-state index contributed by atoms with van der Waals surface area (Å²) in [5, 5.41) is 10.7. The molecule has 2 aromatic carbocycles. The lowest BCUT2D eigenvalue weighted by molar-refractivity contribution is -0.113. The molecule has 25 heavy (non-hydrogen) atoms. The largest absolute Gasteiger partial charge is 0.325 e. The second-order valence-electron chi connectivity index (χ2n) is 5.83. The number of aryl methyl sites for hydroxylation is 2. The number of para-hydroxylation sites is 1. The van der Waals surface area contributed by atoms with E-state index in [-0.39, 0.29) is 11.7 Å². The standard InChI is InChI=1S/C19H20N4OS/c1-13-7-6-8-14(2)18(13)21-17(24)12-25-19-20-16(22-23-19)11-15-9-4-3-5-10-15/h3-10H,11-12H2,1-2H3,(H,21,24)(H,20,22,23). The van der Waals surface area contributed by atoms with Crippen molar-refractivity contribution in [3.05, 3.63) is 71.0 Å².